The predicted octanol–water partition coefficient (Wildman–Crippen LogP) is 1.78. The van der Waals surface area contributed by atoms with Crippen LogP contribution in [0.4, 0.5) is 0 Å². The zero-order chi connectivity index (χ0) is 10.7. The summed E-state index contributed by atoms with van der Waals surface area (Å²) in [4.78, 5) is 8.82. The zero-order valence-electron chi connectivity index (χ0n) is 8.24. The Labute approximate surface area is 109 Å². The summed E-state index contributed by atoms with van der Waals surface area (Å²) in [5, 5.41) is 0. The van der Waals surface area contributed by atoms with E-state index in [0.29, 0.717) is 10.7 Å². The Bertz CT molecular complexity index is 488. The second kappa shape index (κ2) is 5.68. The van der Waals surface area contributed by atoms with Gasteiger partial charge in [0, 0.05) is 22.7 Å². The van der Waals surface area contributed by atoms with Gasteiger partial charge in [-0.15, -0.1) is 0 Å². The molecule has 0 spiro atoms. The van der Waals surface area contributed by atoms with Gasteiger partial charge in [0.15, 0.2) is 0 Å². The first-order valence-electron chi connectivity index (χ1n) is 4.45. The molecule has 0 aliphatic rings. The smallest absolute Gasteiger partial charge is 0.122 e. The van der Waals surface area contributed by atoms with Crippen LogP contribution >= 0.6 is 12.2 Å². The van der Waals surface area contributed by atoms with Crippen molar-refractivity contribution in [3.8, 4) is 11.4 Å². The summed E-state index contributed by atoms with van der Waals surface area (Å²) < 4.78 is 0. The van der Waals surface area contributed by atoms with E-state index in [9.17, 15) is 0 Å². The van der Waals surface area contributed by atoms with Gasteiger partial charge < -0.3 is 5.73 Å². The Morgan fingerprint density at radius 1 is 1.06 bits per heavy atom. The molecule has 0 bridgehead atoms. The van der Waals surface area contributed by atoms with E-state index in [1.165, 1.54) is 0 Å². The van der Waals surface area contributed by atoms with E-state index in [4.69, 9.17) is 18.0 Å². The van der Waals surface area contributed by atoms with Crippen molar-refractivity contribution in [2.75, 3.05) is 0 Å². The first kappa shape index (κ1) is 12.8. The van der Waals surface area contributed by atoms with Crippen molar-refractivity contribution in [2.45, 2.75) is 0 Å². The third-order valence-electron chi connectivity index (χ3n) is 1.93. The monoisotopic (exact) mass is 273 g/mol. The predicted molar refractivity (Wildman–Crippen MR) is 63.4 cm³/mol. The molecule has 0 unspecified atom stereocenters. The number of nitrogens with two attached hydrogens (primary N) is 1. The molecule has 0 saturated carbocycles. The van der Waals surface area contributed by atoms with Crippen LogP contribution in [0.5, 0.6) is 0 Å². The Morgan fingerprint density at radius 3 is 2.44 bits per heavy atom. The molecule has 0 atom stereocenters. The van der Waals surface area contributed by atoms with E-state index in [1.54, 1.807) is 12.3 Å². The van der Waals surface area contributed by atoms with Crippen molar-refractivity contribution in [2.24, 2.45) is 5.73 Å². The van der Waals surface area contributed by atoms with E-state index < -0.39 is 0 Å². The minimum absolute atomic E-state index is 0. The molecule has 0 saturated heterocycles. The SMILES string of the molecule is NC(=S)c1cccc(-c2ccccn2)n1.[Ni]. The van der Waals surface area contributed by atoms with Gasteiger partial charge in [-0.2, -0.15) is 0 Å². The molecule has 0 aliphatic carbocycles. The van der Waals surface area contributed by atoms with Gasteiger partial charge in [0.25, 0.3) is 0 Å². The molecule has 2 N–H and O–H groups in total. The normalized spacial score (nSPS) is 9.25. The maximum Gasteiger partial charge on any atom is 0.122 e. The Balaban J connectivity index is 0.00000128. The summed E-state index contributed by atoms with van der Waals surface area (Å²) in [6.45, 7) is 0. The van der Waals surface area contributed by atoms with Crippen LogP contribution in [-0.4, -0.2) is 15.0 Å². The maximum atomic E-state index is 5.51. The molecule has 84 valence electrons. The number of hydrogen-bond acceptors (Lipinski definition) is 3. The molecule has 0 aliphatic heterocycles. The molecule has 2 rings (SSSR count). The van der Waals surface area contributed by atoms with Gasteiger partial charge in [-0.05, 0) is 24.3 Å². The van der Waals surface area contributed by atoms with Crippen LogP contribution in [0.1, 0.15) is 5.69 Å². The van der Waals surface area contributed by atoms with E-state index in [0.717, 1.165) is 11.4 Å². The van der Waals surface area contributed by atoms with E-state index in [-0.39, 0.29) is 16.5 Å². The van der Waals surface area contributed by atoms with Crippen LogP contribution in [0.15, 0.2) is 42.6 Å². The standard InChI is InChI=1S/C11H9N3S.Ni/c12-11(15)10-6-3-5-9(14-10)8-4-1-2-7-13-8;/h1-7H,(H2,12,15);. The van der Waals surface area contributed by atoms with Crippen molar-refractivity contribution in [3.05, 3.63) is 48.3 Å². The van der Waals surface area contributed by atoms with Gasteiger partial charge in [0.2, 0.25) is 0 Å². The molecule has 0 fully saturated rings. The minimum atomic E-state index is 0. The molecule has 2 heterocycles. The van der Waals surface area contributed by atoms with Crippen molar-refractivity contribution in [1.29, 1.82) is 0 Å². The molecular formula is C11H9N3NiS. The van der Waals surface area contributed by atoms with E-state index in [2.05, 4.69) is 9.97 Å². The van der Waals surface area contributed by atoms with Gasteiger partial charge in [0.1, 0.15) is 4.99 Å². The van der Waals surface area contributed by atoms with Crippen LogP contribution in [0.3, 0.4) is 0 Å². The summed E-state index contributed by atoms with van der Waals surface area (Å²) in [7, 11) is 0. The van der Waals surface area contributed by atoms with Crippen molar-refractivity contribution in [1.82, 2.24) is 9.97 Å². The van der Waals surface area contributed by atoms with Crippen LogP contribution in [0, 0.1) is 0 Å². The molecule has 3 nitrogen and oxygen atoms in total. The Kier molecular flexibility index (Phi) is 4.53. The van der Waals surface area contributed by atoms with Crippen LogP contribution in [0.25, 0.3) is 11.4 Å². The summed E-state index contributed by atoms with van der Waals surface area (Å²) in [5.41, 5.74) is 7.72. The maximum absolute atomic E-state index is 5.51. The Morgan fingerprint density at radius 2 is 1.81 bits per heavy atom. The molecule has 2 aromatic heterocycles. The average molecular weight is 274 g/mol. The molecule has 0 aromatic carbocycles. The molecule has 2 aromatic rings. The molecule has 16 heavy (non-hydrogen) atoms. The Hall–Kier alpha value is -1.32. The molecule has 5 heteroatoms. The van der Waals surface area contributed by atoms with Gasteiger partial charge in [0.05, 0.1) is 17.1 Å². The van der Waals surface area contributed by atoms with Gasteiger partial charge in [-0.25, -0.2) is 4.98 Å². The summed E-state index contributed by atoms with van der Waals surface area (Å²) in [6, 6.07) is 11.2. The van der Waals surface area contributed by atoms with Crippen molar-refractivity contribution in [3.63, 3.8) is 0 Å². The second-order valence-electron chi connectivity index (χ2n) is 2.99. The largest absolute Gasteiger partial charge is 0.388 e. The van der Waals surface area contributed by atoms with Gasteiger partial charge in [-0.1, -0.05) is 24.4 Å². The third-order valence-corrected chi connectivity index (χ3v) is 2.14. The molecular weight excluding hydrogens is 265 g/mol. The van der Waals surface area contributed by atoms with Crippen molar-refractivity contribution >= 4 is 17.2 Å². The number of aromatic nitrogens is 2. The van der Waals surface area contributed by atoms with Crippen LogP contribution in [0.2, 0.25) is 0 Å². The van der Waals surface area contributed by atoms with Crippen LogP contribution < -0.4 is 5.73 Å². The topological polar surface area (TPSA) is 51.8 Å². The fraction of sp³-hybridized carbons (Fsp3) is 0. The number of thiocarbonyl (C=S) groups is 1. The fourth-order valence-electron chi connectivity index (χ4n) is 1.23. The fourth-order valence-corrected chi connectivity index (χ4v) is 1.34. The number of hydrogen-bond donors (Lipinski definition) is 1. The van der Waals surface area contributed by atoms with Gasteiger partial charge >= 0.3 is 0 Å². The minimum Gasteiger partial charge on any atom is -0.388 e. The number of rotatable bonds is 2. The molecule has 0 amide bonds. The van der Waals surface area contributed by atoms with Gasteiger partial charge in [-0.3, -0.25) is 4.98 Å². The summed E-state index contributed by atoms with van der Waals surface area (Å²) >= 11 is 4.87. The first-order chi connectivity index (χ1) is 7.27. The van der Waals surface area contributed by atoms with E-state index in [1.807, 2.05) is 30.3 Å². The number of nitrogens with zero attached hydrogens (tertiary/aromatic N) is 2. The second-order valence-corrected chi connectivity index (χ2v) is 3.43. The quantitative estimate of drug-likeness (QED) is 0.669. The molecule has 0 radical (unpaired) electrons. The van der Waals surface area contributed by atoms with E-state index >= 15 is 0 Å². The number of pyridine rings is 2. The van der Waals surface area contributed by atoms with Crippen molar-refractivity contribution < 1.29 is 16.5 Å². The zero-order valence-corrected chi connectivity index (χ0v) is 10.0. The summed E-state index contributed by atoms with van der Waals surface area (Å²) in [6.07, 6.45) is 1.73. The summed E-state index contributed by atoms with van der Waals surface area (Å²) in [5.74, 6) is 0. The first-order valence-corrected chi connectivity index (χ1v) is 4.86. The average Bonchev–Trinajstić information content (AvgIpc) is 2.30. The third kappa shape index (κ3) is 2.84. The van der Waals surface area contributed by atoms with Crippen LogP contribution in [-0.2, 0) is 16.5 Å².